The highest BCUT2D eigenvalue weighted by molar-refractivity contribution is 6.03. The Morgan fingerprint density at radius 2 is 2.16 bits per heavy atom. The van der Waals surface area contributed by atoms with Crippen LogP contribution in [0.3, 0.4) is 0 Å². The molecule has 0 spiro atoms. The number of carbonyl (C=O) groups excluding carboxylic acids is 1. The minimum atomic E-state index is -0.471. The van der Waals surface area contributed by atoms with Crippen molar-refractivity contribution in [2.45, 2.75) is 13.8 Å². The van der Waals surface area contributed by atoms with Gasteiger partial charge in [-0.3, -0.25) is 4.79 Å². The van der Waals surface area contributed by atoms with Crippen molar-refractivity contribution in [2.24, 2.45) is 0 Å². The minimum Gasteiger partial charge on any atom is -0.506 e. The predicted octanol–water partition coefficient (Wildman–Crippen LogP) is 2.26. The molecular formula is C13H14N2O4. The molecule has 0 unspecified atom stereocenters. The number of aryl methyl sites for hydroxylation is 2. The van der Waals surface area contributed by atoms with Gasteiger partial charge >= 0.3 is 0 Å². The Labute approximate surface area is 110 Å². The summed E-state index contributed by atoms with van der Waals surface area (Å²) in [4.78, 5) is 16.0. The fourth-order valence-electron chi connectivity index (χ4n) is 1.66. The number of hydrogen-bond acceptors (Lipinski definition) is 5. The van der Waals surface area contributed by atoms with Crippen LogP contribution in [0, 0.1) is 13.8 Å². The van der Waals surface area contributed by atoms with Crippen molar-refractivity contribution in [1.82, 2.24) is 4.98 Å². The molecule has 1 aromatic heterocycles. The molecule has 0 aliphatic heterocycles. The van der Waals surface area contributed by atoms with Gasteiger partial charge in [0.05, 0.1) is 18.5 Å². The highest BCUT2D eigenvalue weighted by Gasteiger charge is 2.17. The molecule has 0 radical (unpaired) electrons. The maximum absolute atomic E-state index is 12.0. The van der Waals surface area contributed by atoms with E-state index in [0.29, 0.717) is 17.3 Å². The smallest absolute Gasteiger partial charge is 0.293 e. The van der Waals surface area contributed by atoms with Crippen molar-refractivity contribution in [3.8, 4) is 11.5 Å². The van der Waals surface area contributed by atoms with Crippen LogP contribution in [0.5, 0.6) is 11.5 Å². The fourth-order valence-corrected chi connectivity index (χ4v) is 1.66. The molecule has 0 atom stereocenters. The van der Waals surface area contributed by atoms with E-state index >= 15 is 0 Å². The number of nitrogens with one attached hydrogen (secondary N) is 1. The maximum atomic E-state index is 12.0. The summed E-state index contributed by atoms with van der Waals surface area (Å²) < 4.78 is 10.2. The first-order chi connectivity index (χ1) is 9.01. The van der Waals surface area contributed by atoms with Crippen molar-refractivity contribution in [3.05, 3.63) is 35.5 Å². The van der Waals surface area contributed by atoms with E-state index in [4.69, 9.17) is 9.15 Å². The van der Waals surface area contributed by atoms with Crippen molar-refractivity contribution < 1.29 is 19.1 Å². The third-order valence-corrected chi connectivity index (χ3v) is 2.56. The summed E-state index contributed by atoms with van der Waals surface area (Å²) in [7, 11) is 1.50. The Kier molecular flexibility index (Phi) is 3.41. The summed E-state index contributed by atoms with van der Waals surface area (Å²) in [6, 6.07) is 4.55. The third kappa shape index (κ3) is 2.67. The Morgan fingerprint density at radius 3 is 2.74 bits per heavy atom. The van der Waals surface area contributed by atoms with Gasteiger partial charge < -0.3 is 19.6 Å². The number of anilines is 1. The molecule has 2 rings (SSSR count). The SMILES string of the molecule is COc1ccc(O)c(NC(=O)c2oc(C)nc2C)c1. The Bertz CT molecular complexity index is 619. The number of amides is 1. The molecule has 0 aliphatic rings. The van der Waals surface area contributed by atoms with Gasteiger partial charge in [-0.05, 0) is 19.1 Å². The zero-order valence-electron chi connectivity index (χ0n) is 10.9. The Hall–Kier alpha value is -2.50. The first-order valence-corrected chi connectivity index (χ1v) is 5.63. The molecule has 1 aromatic carbocycles. The molecule has 0 aliphatic carbocycles. The van der Waals surface area contributed by atoms with Crippen molar-refractivity contribution in [3.63, 3.8) is 0 Å². The second kappa shape index (κ2) is 5.01. The monoisotopic (exact) mass is 262 g/mol. The lowest BCUT2D eigenvalue weighted by molar-refractivity contribution is 0.0994. The number of carbonyl (C=O) groups is 1. The zero-order valence-corrected chi connectivity index (χ0v) is 10.9. The van der Waals surface area contributed by atoms with E-state index in [1.54, 1.807) is 19.9 Å². The second-order valence-electron chi connectivity index (χ2n) is 3.98. The fraction of sp³-hybridized carbons (Fsp3) is 0.231. The number of oxazole rings is 1. The molecule has 0 saturated heterocycles. The van der Waals surface area contributed by atoms with E-state index in [0.717, 1.165) is 0 Å². The van der Waals surface area contributed by atoms with Crippen LogP contribution < -0.4 is 10.1 Å². The van der Waals surface area contributed by atoms with E-state index in [9.17, 15) is 9.90 Å². The topological polar surface area (TPSA) is 84.6 Å². The first kappa shape index (κ1) is 12.9. The van der Waals surface area contributed by atoms with Gasteiger partial charge in [0.15, 0.2) is 5.89 Å². The van der Waals surface area contributed by atoms with Crippen molar-refractivity contribution in [2.75, 3.05) is 12.4 Å². The van der Waals surface area contributed by atoms with Gasteiger partial charge in [0.25, 0.3) is 5.91 Å². The van der Waals surface area contributed by atoms with Crippen LogP contribution in [0.15, 0.2) is 22.6 Å². The summed E-state index contributed by atoms with van der Waals surface area (Å²) in [5.74, 6) is 0.542. The number of nitrogens with zero attached hydrogens (tertiary/aromatic N) is 1. The van der Waals surface area contributed by atoms with E-state index < -0.39 is 5.91 Å². The summed E-state index contributed by atoms with van der Waals surface area (Å²) in [5.41, 5.74) is 0.746. The number of phenolic OH excluding ortho intramolecular Hbond substituents is 1. The van der Waals surface area contributed by atoms with E-state index in [-0.39, 0.29) is 17.2 Å². The van der Waals surface area contributed by atoms with Gasteiger partial charge in [0.1, 0.15) is 11.5 Å². The number of ether oxygens (including phenoxy) is 1. The molecule has 2 aromatic rings. The van der Waals surface area contributed by atoms with Crippen LogP contribution >= 0.6 is 0 Å². The van der Waals surface area contributed by atoms with Crippen LogP contribution in [-0.4, -0.2) is 23.1 Å². The van der Waals surface area contributed by atoms with Crippen molar-refractivity contribution in [1.29, 1.82) is 0 Å². The predicted molar refractivity (Wildman–Crippen MR) is 68.6 cm³/mol. The van der Waals surface area contributed by atoms with E-state index in [2.05, 4.69) is 10.3 Å². The van der Waals surface area contributed by atoms with Gasteiger partial charge in [-0.25, -0.2) is 4.98 Å². The maximum Gasteiger partial charge on any atom is 0.293 e. The van der Waals surface area contributed by atoms with Gasteiger partial charge in [0, 0.05) is 13.0 Å². The van der Waals surface area contributed by atoms with E-state index in [1.165, 1.54) is 19.2 Å². The lowest BCUT2D eigenvalue weighted by Gasteiger charge is -2.08. The van der Waals surface area contributed by atoms with Crippen LogP contribution in [0.4, 0.5) is 5.69 Å². The molecule has 0 saturated carbocycles. The molecule has 1 heterocycles. The zero-order chi connectivity index (χ0) is 14.0. The summed E-state index contributed by atoms with van der Waals surface area (Å²) in [6.45, 7) is 3.34. The molecule has 1 amide bonds. The van der Waals surface area contributed by atoms with Gasteiger partial charge in [-0.15, -0.1) is 0 Å². The quantitative estimate of drug-likeness (QED) is 0.829. The van der Waals surface area contributed by atoms with Crippen LogP contribution in [-0.2, 0) is 0 Å². The number of hydrogen-bond donors (Lipinski definition) is 2. The molecule has 19 heavy (non-hydrogen) atoms. The summed E-state index contributed by atoms with van der Waals surface area (Å²) >= 11 is 0. The molecule has 6 nitrogen and oxygen atoms in total. The molecule has 100 valence electrons. The standard InChI is InChI=1S/C13H14N2O4/c1-7-12(19-8(2)14-7)13(17)15-10-6-9(18-3)4-5-11(10)16/h4-6,16H,1-3H3,(H,15,17). The van der Waals surface area contributed by atoms with Crippen LogP contribution in [0.1, 0.15) is 22.1 Å². The molecular weight excluding hydrogens is 248 g/mol. The van der Waals surface area contributed by atoms with Crippen LogP contribution in [0.2, 0.25) is 0 Å². The number of aromatic nitrogens is 1. The van der Waals surface area contributed by atoms with Gasteiger partial charge in [-0.1, -0.05) is 0 Å². The number of benzene rings is 1. The number of rotatable bonds is 3. The van der Waals surface area contributed by atoms with Gasteiger partial charge in [0.2, 0.25) is 5.76 Å². The number of phenols is 1. The van der Waals surface area contributed by atoms with Crippen molar-refractivity contribution >= 4 is 11.6 Å². The highest BCUT2D eigenvalue weighted by Crippen LogP contribution is 2.28. The number of methoxy groups -OCH3 is 1. The molecule has 0 fully saturated rings. The molecule has 6 heteroatoms. The van der Waals surface area contributed by atoms with Crippen LogP contribution in [0.25, 0.3) is 0 Å². The lowest BCUT2D eigenvalue weighted by Crippen LogP contribution is -2.12. The Balaban J connectivity index is 2.26. The van der Waals surface area contributed by atoms with Gasteiger partial charge in [-0.2, -0.15) is 0 Å². The molecule has 0 bridgehead atoms. The Morgan fingerprint density at radius 1 is 1.42 bits per heavy atom. The number of aromatic hydroxyl groups is 1. The normalized spacial score (nSPS) is 10.3. The van der Waals surface area contributed by atoms with E-state index in [1.807, 2.05) is 0 Å². The first-order valence-electron chi connectivity index (χ1n) is 5.63. The average Bonchev–Trinajstić information content (AvgIpc) is 2.71. The molecule has 2 N–H and O–H groups in total. The summed E-state index contributed by atoms with van der Waals surface area (Å²) in [5, 5.41) is 12.2. The average molecular weight is 262 g/mol. The third-order valence-electron chi connectivity index (χ3n) is 2.56. The lowest BCUT2D eigenvalue weighted by atomic mass is 10.2. The largest absolute Gasteiger partial charge is 0.506 e. The highest BCUT2D eigenvalue weighted by atomic mass is 16.5. The minimum absolute atomic E-state index is 0.0527. The summed E-state index contributed by atoms with van der Waals surface area (Å²) in [6.07, 6.45) is 0. The second-order valence-corrected chi connectivity index (χ2v) is 3.98.